The third-order valence-electron chi connectivity index (χ3n) is 2.84. The summed E-state index contributed by atoms with van der Waals surface area (Å²) in [7, 11) is 0. The van der Waals surface area contributed by atoms with Crippen molar-refractivity contribution in [2.75, 3.05) is 0 Å². The van der Waals surface area contributed by atoms with E-state index < -0.39 is 0 Å². The largest absolute Gasteiger partial charge is 0.467 e. The van der Waals surface area contributed by atoms with Gasteiger partial charge in [0.15, 0.2) is 0 Å². The molecule has 6 nitrogen and oxygen atoms in total. The van der Waals surface area contributed by atoms with Crippen LogP contribution >= 0.6 is 0 Å². The summed E-state index contributed by atoms with van der Waals surface area (Å²) in [6, 6.07) is 12.3. The molecular weight excluding hydrogens is 282 g/mol. The first-order valence-electron chi connectivity index (χ1n) is 6.83. The summed E-state index contributed by atoms with van der Waals surface area (Å²) in [6.07, 6.45) is 1.66. The van der Waals surface area contributed by atoms with E-state index in [1.54, 1.807) is 49.6 Å². The van der Waals surface area contributed by atoms with E-state index in [4.69, 9.17) is 4.42 Å². The Hall–Kier alpha value is -2.89. The molecule has 0 aliphatic heterocycles. The van der Waals surface area contributed by atoms with Crippen molar-refractivity contribution in [3.8, 4) is 0 Å². The van der Waals surface area contributed by atoms with Gasteiger partial charge in [-0.3, -0.25) is 9.59 Å². The Kier molecular flexibility index (Phi) is 5.48. The number of benzene rings is 1. The van der Waals surface area contributed by atoms with Crippen molar-refractivity contribution in [3.63, 3.8) is 0 Å². The van der Waals surface area contributed by atoms with Crippen molar-refractivity contribution in [1.82, 2.24) is 10.7 Å². The van der Waals surface area contributed by atoms with Gasteiger partial charge in [-0.2, -0.15) is 5.10 Å². The molecule has 22 heavy (non-hydrogen) atoms. The van der Waals surface area contributed by atoms with Gasteiger partial charge in [-0.05, 0) is 31.2 Å². The first kappa shape index (κ1) is 15.5. The van der Waals surface area contributed by atoms with Gasteiger partial charge in [0.25, 0.3) is 5.91 Å². The van der Waals surface area contributed by atoms with Crippen LogP contribution in [0.2, 0.25) is 0 Å². The highest BCUT2D eigenvalue weighted by Crippen LogP contribution is 2.00. The third kappa shape index (κ3) is 4.90. The quantitative estimate of drug-likeness (QED) is 0.633. The molecule has 0 saturated carbocycles. The molecule has 1 heterocycles. The molecule has 0 bridgehead atoms. The van der Waals surface area contributed by atoms with Gasteiger partial charge < -0.3 is 9.73 Å². The number of rotatable bonds is 6. The number of nitrogens with one attached hydrogen (secondary N) is 2. The molecule has 0 saturated heterocycles. The first-order chi connectivity index (χ1) is 10.6. The fourth-order valence-corrected chi connectivity index (χ4v) is 1.73. The Morgan fingerprint density at radius 3 is 2.59 bits per heavy atom. The summed E-state index contributed by atoms with van der Waals surface area (Å²) < 4.78 is 5.11. The van der Waals surface area contributed by atoms with E-state index in [1.165, 1.54) is 0 Å². The Bertz CT molecular complexity index is 649. The molecule has 0 spiro atoms. The normalized spacial score (nSPS) is 11.0. The number of amides is 2. The van der Waals surface area contributed by atoms with Gasteiger partial charge in [0, 0.05) is 11.3 Å². The Morgan fingerprint density at radius 2 is 1.91 bits per heavy atom. The van der Waals surface area contributed by atoms with E-state index in [-0.39, 0.29) is 18.2 Å². The lowest BCUT2D eigenvalue weighted by Crippen LogP contribution is -2.26. The molecule has 0 radical (unpaired) electrons. The lowest BCUT2D eigenvalue weighted by atomic mass is 10.2. The molecule has 0 aliphatic carbocycles. The summed E-state index contributed by atoms with van der Waals surface area (Å²) in [5.74, 6) is 0.183. The van der Waals surface area contributed by atoms with Crippen LogP contribution in [0.4, 0.5) is 0 Å². The molecule has 2 N–H and O–H groups in total. The van der Waals surface area contributed by atoms with Crippen LogP contribution in [0.3, 0.4) is 0 Å². The third-order valence-corrected chi connectivity index (χ3v) is 2.84. The van der Waals surface area contributed by atoms with E-state index in [2.05, 4.69) is 15.8 Å². The number of furan rings is 1. The fraction of sp³-hybridized carbons (Fsp3) is 0.188. The van der Waals surface area contributed by atoms with Crippen LogP contribution in [-0.4, -0.2) is 17.5 Å². The van der Waals surface area contributed by atoms with Crippen LogP contribution in [0.5, 0.6) is 0 Å². The van der Waals surface area contributed by atoms with Crippen molar-refractivity contribution in [2.24, 2.45) is 5.10 Å². The van der Waals surface area contributed by atoms with Crippen molar-refractivity contribution >= 4 is 17.5 Å². The second-order valence-electron chi connectivity index (χ2n) is 4.69. The molecule has 0 fully saturated rings. The first-order valence-corrected chi connectivity index (χ1v) is 6.83. The van der Waals surface area contributed by atoms with E-state index in [9.17, 15) is 9.59 Å². The van der Waals surface area contributed by atoms with Gasteiger partial charge in [-0.1, -0.05) is 18.2 Å². The highest BCUT2D eigenvalue weighted by molar-refractivity contribution is 6.01. The van der Waals surface area contributed by atoms with Crippen LogP contribution in [-0.2, 0) is 11.3 Å². The predicted octanol–water partition coefficient (Wildman–Crippen LogP) is 2.09. The van der Waals surface area contributed by atoms with Crippen molar-refractivity contribution in [1.29, 1.82) is 0 Å². The van der Waals surface area contributed by atoms with Gasteiger partial charge in [-0.15, -0.1) is 0 Å². The standard InChI is InChI=1S/C16H17N3O3/c1-12(10-15(20)17-11-14-8-5-9-22-14)18-19-16(21)13-6-3-2-4-7-13/h2-9H,10-11H2,1H3,(H,17,20)(H,19,21). The van der Waals surface area contributed by atoms with Gasteiger partial charge in [0.2, 0.25) is 5.91 Å². The van der Waals surface area contributed by atoms with Gasteiger partial charge >= 0.3 is 0 Å². The summed E-state index contributed by atoms with van der Waals surface area (Å²) in [6.45, 7) is 2.01. The van der Waals surface area contributed by atoms with Gasteiger partial charge in [0.1, 0.15) is 5.76 Å². The van der Waals surface area contributed by atoms with Crippen molar-refractivity contribution in [2.45, 2.75) is 19.9 Å². The van der Waals surface area contributed by atoms with E-state index in [1.807, 2.05) is 6.07 Å². The molecule has 2 rings (SSSR count). The lowest BCUT2D eigenvalue weighted by Gasteiger charge is -2.04. The summed E-state index contributed by atoms with van der Waals surface area (Å²) in [4.78, 5) is 23.5. The van der Waals surface area contributed by atoms with Crippen LogP contribution in [0.25, 0.3) is 0 Å². The molecule has 0 atom stereocenters. The Morgan fingerprint density at radius 1 is 1.14 bits per heavy atom. The lowest BCUT2D eigenvalue weighted by molar-refractivity contribution is -0.120. The number of nitrogens with zero attached hydrogens (tertiary/aromatic N) is 1. The smallest absolute Gasteiger partial charge is 0.271 e. The van der Waals surface area contributed by atoms with Gasteiger partial charge in [-0.25, -0.2) is 5.43 Å². The van der Waals surface area contributed by atoms with E-state index >= 15 is 0 Å². The predicted molar refractivity (Wildman–Crippen MR) is 82.2 cm³/mol. The minimum absolute atomic E-state index is 0.107. The number of hydrogen-bond acceptors (Lipinski definition) is 4. The zero-order chi connectivity index (χ0) is 15.8. The highest BCUT2D eigenvalue weighted by Gasteiger charge is 2.06. The molecule has 2 amide bonds. The molecule has 0 unspecified atom stereocenters. The molecular formula is C16H17N3O3. The SMILES string of the molecule is CC(CC(=O)NCc1ccco1)=NNC(=O)c1ccccc1. The van der Waals surface area contributed by atoms with E-state index in [0.717, 1.165) is 0 Å². The summed E-state index contributed by atoms with van der Waals surface area (Å²) in [5.41, 5.74) is 3.45. The number of hydrogen-bond donors (Lipinski definition) is 2. The van der Waals surface area contributed by atoms with Crippen LogP contribution in [0, 0.1) is 0 Å². The molecule has 114 valence electrons. The van der Waals surface area contributed by atoms with Crippen molar-refractivity contribution < 1.29 is 14.0 Å². The zero-order valence-corrected chi connectivity index (χ0v) is 12.2. The molecule has 6 heteroatoms. The number of hydrazone groups is 1. The maximum atomic E-state index is 11.8. The van der Waals surface area contributed by atoms with Crippen LogP contribution in [0.15, 0.2) is 58.2 Å². The van der Waals surface area contributed by atoms with Crippen LogP contribution < -0.4 is 10.7 Å². The number of carbonyl (C=O) groups excluding carboxylic acids is 2. The fourth-order valence-electron chi connectivity index (χ4n) is 1.73. The minimum Gasteiger partial charge on any atom is -0.467 e. The van der Waals surface area contributed by atoms with Gasteiger partial charge in [0.05, 0.1) is 19.2 Å². The molecule has 1 aromatic carbocycles. The average molecular weight is 299 g/mol. The topological polar surface area (TPSA) is 83.7 Å². The zero-order valence-electron chi connectivity index (χ0n) is 12.2. The Labute approximate surface area is 128 Å². The minimum atomic E-state index is -0.309. The maximum absolute atomic E-state index is 11.8. The monoisotopic (exact) mass is 299 g/mol. The Balaban J connectivity index is 1.77. The molecule has 1 aromatic heterocycles. The van der Waals surface area contributed by atoms with Crippen molar-refractivity contribution in [3.05, 3.63) is 60.1 Å². The second-order valence-corrected chi connectivity index (χ2v) is 4.69. The van der Waals surface area contributed by atoms with Crippen LogP contribution in [0.1, 0.15) is 29.5 Å². The number of carbonyl (C=O) groups is 2. The molecule has 0 aliphatic rings. The van der Waals surface area contributed by atoms with E-state index in [0.29, 0.717) is 23.6 Å². The maximum Gasteiger partial charge on any atom is 0.271 e. The second kappa shape index (κ2) is 7.78. The average Bonchev–Trinajstić information content (AvgIpc) is 3.05. The highest BCUT2D eigenvalue weighted by atomic mass is 16.3. The molecule has 2 aromatic rings. The summed E-state index contributed by atoms with van der Waals surface area (Å²) >= 11 is 0. The summed E-state index contributed by atoms with van der Waals surface area (Å²) in [5, 5.41) is 6.63.